The minimum atomic E-state index is -1.07. The summed E-state index contributed by atoms with van der Waals surface area (Å²) in [5.41, 5.74) is 2.29. The molecule has 0 bridgehead atoms. The molecule has 0 fully saturated rings. The number of carbonyl (C=O) groups is 4. The van der Waals surface area contributed by atoms with E-state index in [9.17, 15) is 19.2 Å². The van der Waals surface area contributed by atoms with Crippen LogP contribution in [-0.2, 0) is 20.7 Å². The third-order valence-corrected chi connectivity index (χ3v) is 5.23. The number of esters is 1. The molecule has 0 unspecified atom stereocenters. The topological polar surface area (TPSA) is 92.8 Å². The lowest BCUT2D eigenvalue weighted by molar-refractivity contribution is -0.151. The summed E-state index contributed by atoms with van der Waals surface area (Å²) in [5.74, 6) is -2.29. The Morgan fingerprint density at radius 1 is 0.968 bits per heavy atom. The van der Waals surface area contributed by atoms with Gasteiger partial charge in [-0.25, -0.2) is 4.79 Å². The SMILES string of the molecule is CCCC[C@H](C(=O)OCC(=O)Nc1ccc(CC)cc1)N1C(=O)c2ccccc2C1=O. The molecule has 3 amide bonds. The van der Waals surface area contributed by atoms with E-state index in [0.717, 1.165) is 23.3 Å². The van der Waals surface area contributed by atoms with Gasteiger partial charge in [0.05, 0.1) is 11.1 Å². The van der Waals surface area contributed by atoms with E-state index in [1.165, 1.54) is 0 Å². The number of hydrogen-bond acceptors (Lipinski definition) is 5. The maximum absolute atomic E-state index is 12.8. The molecule has 0 radical (unpaired) electrons. The minimum absolute atomic E-state index is 0.273. The van der Waals surface area contributed by atoms with Crippen molar-refractivity contribution in [2.75, 3.05) is 11.9 Å². The highest BCUT2D eigenvalue weighted by Crippen LogP contribution is 2.26. The molecule has 1 aliphatic rings. The van der Waals surface area contributed by atoms with Gasteiger partial charge >= 0.3 is 5.97 Å². The number of aryl methyl sites for hydroxylation is 1. The Labute approximate surface area is 181 Å². The molecule has 0 spiro atoms. The van der Waals surface area contributed by atoms with Crippen LogP contribution in [0.4, 0.5) is 5.69 Å². The van der Waals surface area contributed by atoms with Crippen molar-refractivity contribution in [3.8, 4) is 0 Å². The summed E-state index contributed by atoms with van der Waals surface area (Å²) < 4.78 is 5.19. The van der Waals surface area contributed by atoms with E-state index < -0.39 is 36.3 Å². The molecular weight excluding hydrogens is 396 g/mol. The zero-order valence-electron chi connectivity index (χ0n) is 17.7. The van der Waals surface area contributed by atoms with E-state index >= 15 is 0 Å². The summed E-state index contributed by atoms with van der Waals surface area (Å²) in [5, 5.41) is 2.67. The number of nitrogens with zero attached hydrogens (tertiary/aromatic N) is 1. The molecule has 2 aromatic rings. The highest BCUT2D eigenvalue weighted by atomic mass is 16.5. The zero-order chi connectivity index (χ0) is 22.4. The molecule has 7 nitrogen and oxygen atoms in total. The van der Waals surface area contributed by atoms with Crippen molar-refractivity contribution in [3.63, 3.8) is 0 Å². The van der Waals surface area contributed by atoms with Crippen molar-refractivity contribution < 1.29 is 23.9 Å². The predicted molar refractivity (Wildman–Crippen MR) is 116 cm³/mol. The van der Waals surface area contributed by atoms with Crippen molar-refractivity contribution in [2.45, 2.75) is 45.6 Å². The molecule has 0 aliphatic carbocycles. The number of imide groups is 1. The molecule has 0 aromatic heterocycles. The Kier molecular flexibility index (Phi) is 7.18. The monoisotopic (exact) mass is 422 g/mol. The molecule has 162 valence electrons. The third kappa shape index (κ3) is 4.99. The van der Waals surface area contributed by atoms with Gasteiger partial charge in [-0.2, -0.15) is 0 Å². The van der Waals surface area contributed by atoms with E-state index in [1.54, 1.807) is 36.4 Å². The summed E-state index contributed by atoms with van der Waals surface area (Å²) in [4.78, 5) is 51.5. The Morgan fingerprint density at radius 2 is 1.58 bits per heavy atom. The van der Waals surface area contributed by atoms with E-state index in [2.05, 4.69) is 5.32 Å². The van der Waals surface area contributed by atoms with Crippen molar-refractivity contribution in [1.82, 2.24) is 4.90 Å². The van der Waals surface area contributed by atoms with E-state index in [-0.39, 0.29) is 17.5 Å². The van der Waals surface area contributed by atoms with E-state index in [0.29, 0.717) is 12.1 Å². The highest BCUT2D eigenvalue weighted by Gasteiger charge is 2.43. The number of carbonyl (C=O) groups excluding carboxylic acids is 4. The average molecular weight is 422 g/mol. The van der Waals surface area contributed by atoms with Gasteiger partial charge in [-0.1, -0.05) is 51.0 Å². The van der Waals surface area contributed by atoms with Crippen molar-refractivity contribution in [3.05, 3.63) is 65.2 Å². The van der Waals surface area contributed by atoms with Crippen LogP contribution >= 0.6 is 0 Å². The summed E-state index contributed by atoms with van der Waals surface area (Å²) in [7, 11) is 0. The van der Waals surface area contributed by atoms with Crippen molar-refractivity contribution in [2.24, 2.45) is 0 Å². The molecule has 3 rings (SSSR count). The Balaban J connectivity index is 1.65. The number of hydrogen-bond donors (Lipinski definition) is 1. The second kappa shape index (κ2) is 10.0. The lowest BCUT2D eigenvalue weighted by Gasteiger charge is -2.24. The van der Waals surface area contributed by atoms with Crippen LogP contribution in [0.25, 0.3) is 0 Å². The van der Waals surface area contributed by atoms with Gasteiger partial charge in [0, 0.05) is 5.69 Å². The number of anilines is 1. The quantitative estimate of drug-likeness (QED) is 0.492. The Bertz CT molecular complexity index is 949. The average Bonchev–Trinajstić information content (AvgIpc) is 3.04. The van der Waals surface area contributed by atoms with E-state index in [4.69, 9.17) is 4.74 Å². The van der Waals surface area contributed by atoms with Crippen LogP contribution in [0.3, 0.4) is 0 Å². The van der Waals surface area contributed by atoms with Crippen molar-refractivity contribution in [1.29, 1.82) is 0 Å². The standard InChI is InChI=1S/C24H26N2O5/c1-3-5-10-20(26-22(28)18-8-6-7-9-19(18)23(26)29)24(30)31-15-21(27)25-17-13-11-16(4-2)12-14-17/h6-9,11-14,20H,3-5,10,15H2,1-2H3,(H,25,27)/t20-/m1/s1. The summed E-state index contributed by atoms with van der Waals surface area (Å²) >= 11 is 0. The van der Waals surface area contributed by atoms with Gasteiger partial charge in [0.15, 0.2) is 6.61 Å². The summed E-state index contributed by atoms with van der Waals surface area (Å²) in [6.07, 6.45) is 2.58. The lowest BCUT2D eigenvalue weighted by atomic mass is 10.1. The number of rotatable bonds is 9. The number of fused-ring (bicyclic) bond motifs is 1. The van der Waals surface area contributed by atoms with Crippen LogP contribution in [-0.4, -0.2) is 41.2 Å². The van der Waals surface area contributed by atoms with Gasteiger partial charge < -0.3 is 10.1 Å². The molecule has 0 saturated carbocycles. The van der Waals surface area contributed by atoms with Crippen LogP contribution in [0.15, 0.2) is 48.5 Å². The first-order valence-corrected chi connectivity index (χ1v) is 10.5. The molecule has 31 heavy (non-hydrogen) atoms. The highest BCUT2D eigenvalue weighted by molar-refractivity contribution is 6.22. The molecule has 1 heterocycles. The van der Waals surface area contributed by atoms with Gasteiger partial charge in [0.2, 0.25) is 0 Å². The molecule has 1 N–H and O–H groups in total. The zero-order valence-corrected chi connectivity index (χ0v) is 17.7. The van der Waals surface area contributed by atoms with Crippen molar-refractivity contribution >= 4 is 29.4 Å². The lowest BCUT2D eigenvalue weighted by Crippen LogP contribution is -2.46. The smallest absolute Gasteiger partial charge is 0.329 e. The molecule has 2 aromatic carbocycles. The van der Waals surface area contributed by atoms with E-state index in [1.807, 2.05) is 26.0 Å². The number of ether oxygens (including phenoxy) is 1. The van der Waals surface area contributed by atoms with Crippen LogP contribution in [0.5, 0.6) is 0 Å². The fourth-order valence-corrected chi connectivity index (χ4v) is 3.49. The van der Waals surface area contributed by atoms with Gasteiger partial charge in [0.25, 0.3) is 17.7 Å². The summed E-state index contributed by atoms with van der Waals surface area (Å²) in [6.45, 7) is 3.48. The maximum Gasteiger partial charge on any atom is 0.329 e. The summed E-state index contributed by atoms with van der Waals surface area (Å²) in [6, 6.07) is 12.8. The Morgan fingerprint density at radius 3 is 2.13 bits per heavy atom. The number of benzene rings is 2. The normalized spacial score (nSPS) is 13.7. The molecule has 7 heteroatoms. The fourth-order valence-electron chi connectivity index (χ4n) is 3.49. The van der Waals surface area contributed by atoms with Crippen LogP contribution in [0.2, 0.25) is 0 Å². The minimum Gasteiger partial charge on any atom is -0.454 e. The molecular formula is C24H26N2O5. The van der Waals surface area contributed by atoms with Crippen LogP contribution in [0, 0.1) is 0 Å². The van der Waals surface area contributed by atoms with Gasteiger partial charge in [-0.05, 0) is 42.7 Å². The van der Waals surface area contributed by atoms with Gasteiger partial charge in [-0.3, -0.25) is 19.3 Å². The number of nitrogens with one attached hydrogen (secondary N) is 1. The Hall–Kier alpha value is -3.48. The fraction of sp³-hybridized carbons (Fsp3) is 0.333. The third-order valence-electron chi connectivity index (χ3n) is 5.23. The molecule has 1 aliphatic heterocycles. The predicted octanol–water partition coefficient (Wildman–Crippen LogP) is 3.59. The molecule has 1 atom stereocenters. The second-order valence-electron chi connectivity index (χ2n) is 7.39. The van der Waals surface area contributed by atoms with Crippen LogP contribution < -0.4 is 5.32 Å². The van der Waals surface area contributed by atoms with Gasteiger partial charge in [0.1, 0.15) is 6.04 Å². The first kappa shape index (κ1) is 22.2. The number of unbranched alkanes of at least 4 members (excludes halogenated alkanes) is 1. The molecule has 0 saturated heterocycles. The second-order valence-corrected chi connectivity index (χ2v) is 7.39. The van der Waals surface area contributed by atoms with Crippen LogP contribution in [0.1, 0.15) is 59.4 Å². The first-order valence-electron chi connectivity index (χ1n) is 10.5. The first-order chi connectivity index (χ1) is 15.0. The number of amides is 3. The van der Waals surface area contributed by atoms with Gasteiger partial charge in [-0.15, -0.1) is 0 Å². The largest absolute Gasteiger partial charge is 0.454 e. The maximum atomic E-state index is 12.8.